The van der Waals surface area contributed by atoms with Crippen molar-refractivity contribution < 1.29 is 9.59 Å². The van der Waals surface area contributed by atoms with Crippen LogP contribution in [0.3, 0.4) is 0 Å². The largest absolute Gasteiger partial charge is 0.355 e. The third kappa shape index (κ3) is 5.31. The summed E-state index contributed by atoms with van der Waals surface area (Å²) in [5.74, 6) is -0.288. The van der Waals surface area contributed by atoms with E-state index in [9.17, 15) is 9.59 Å². The molecule has 1 aromatic rings. The first kappa shape index (κ1) is 19.5. The zero-order valence-electron chi connectivity index (χ0n) is 14.9. The lowest BCUT2D eigenvalue weighted by Crippen LogP contribution is -2.43. The van der Waals surface area contributed by atoms with Gasteiger partial charge in [-0.2, -0.15) is 5.10 Å². The van der Waals surface area contributed by atoms with E-state index in [1.165, 1.54) is 11.8 Å². The summed E-state index contributed by atoms with van der Waals surface area (Å²) in [6.45, 7) is 8.03. The normalized spacial score (nSPS) is 20.3. The Morgan fingerprint density at radius 2 is 2.24 bits per heavy atom. The van der Waals surface area contributed by atoms with Gasteiger partial charge in [0.2, 0.25) is 5.91 Å². The van der Waals surface area contributed by atoms with Crippen LogP contribution >= 0.6 is 11.6 Å². The summed E-state index contributed by atoms with van der Waals surface area (Å²) < 4.78 is 0. The van der Waals surface area contributed by atoms with Gasteiger partial charge in [0.25, 0.3) is 5.91 Å². The van der Waals surface area contributed by atoms with Crippen LogP contribution in [0.5, 0.6) is 0 Å². The topological polar surface area (TPSA) is 90.1 Å². The van der Waals surface area contributed by atoms with Gasteiger partial charge in [0, 0.05) is 25.7 Å². The number of allylic oxidation sites excluding steroid dienone is 1. The van der Waals surface area contributed by atoms with Crippen molar-refractivity contribution in [1.82, 2.24) is 25.7 Å². The van der Waals surface area contributed by atoms with E-state index < -0.39 is 0 Å². The molecule has 1 aliphatic rings. The number of H-pyrrole nitrogens is 1. The second-order valence-electron chi connectivity index (χ2n) is 6.47. The summed E-state index contributed by atoms with van der Waals surface area (Å²) in [6.07, 6.45) is 5.02. The SMILES string of the molecule is CCNC(=O)C1CC(NC(=O)c2[nH]ncc2Cl)CN1CCC=C(C)C. The van der Waals surface area contributed by atoms with E-state index in [1.807, 2.05) is 6.92 Å². The van der Waals surface area contributed by atoms with Crippen LogP contribution in [0.2, 0.25) is 5.02 Å². The van der Waals surface area contributed by atoms with E-state index in [0.29, 0.717) is 19.5 Å². The smallest absolute Gasteiger partial charge is 0.271 e. The third-order valence-corrected chi connectivity index (χ3v) is 4.47. The lowest BCUT2D eigenvalue weighted by atomic mass is 10.1. The number of nitrogens with one attached hydrogen (secondary N) is 3. The molecule has 0 bridgehead atoms. The van der Waals surface area contributed by atoms with Crippen molar-refractivity contribution in [3.05, 3.63) is 28.6 Å². The number of likely N-dealkylation sites (tertiary alicyclic amines) is 1. The fraction of sp³-hybridized carbons (Fsp3) is 0.588. The third-order valence-electron chi connectivity index (χ3n) is 4.18. The van der Waals surface area contributed by atoms with Crippen molar-refractivity contribution in [2.75, 3.05) is 19.6 Å². The molecule has 1 fully saturated rings. The highest BCUT2D eigenvalue weighted by Crippen LogP contribution is 2.20. The molecular weight excluding hydrogens is 342 g/mol. The van der Waals surface area contributed by atoms with Crippen molar-refractivity contribution in [3.63, 3.8) is 0 Å². The zero-order valence-corrected chi connectivity index (χ0v) is 15.7. The zero-order chi connectivity index (χ0) is 18.4. The molecule has 0 spiro atoms. The molecule has 7 nitrogen and oxygen atoms in total. The quantitative estimate of drug-likeness (QED) is 0.640. The summed E-state index contributed by atoms with van der Waals surface area (Å²) in [6, 6.07) is -0.334. The molecule has 0 aliphatic carbocycles. The number of amides is 2. The number of rotatable bonds is 7. The Labute approximate surface area is 153 Å². The summed E-state index contributed by atoms with van der Waals surface area (Å²) in [5.41, 5.74) is 1.51. The molecule has 3 N–H and O–H groups in total. The van der Waals surface area contributed by atoms with Crippen LogP contribution in [-0.2, 0) is 4.79 Å². The fourth-order valence-electron chi connectivity index (χ4n) is 3.03. The number of carbonyl (C=O) groups is 2. The minimum Gasteiger partial charge on any atom is -0.355 e. The molecule has 25 heavy (non-hydrogen) atoms. The molecule has 2 unspecified atom stereocenters. The first-order chi connectivity index (χ1) is 11.9. The highest BCUT2D eigenvalue weighted by atomic mass is 35.5. The minimum absolute atomic E-state index is 0.0102. The molecule has 2 amide bonds. The van der Waals surface area contributed by atoms with E-state index in [2.05, 4.69) is 45.7 Å². The van der Waals surface area contributed by atoms with Crippen molar-refractivity contribution in [1.29, 1.82) is 0 Å². The first-order valence-electron chi connectivity index (χ1n) is 8.57. The van der Waals surface area contributed by atoms with Crippen molar-refractivity contribution in [2.24, 2.45) is 0 Å². The Kier molecular flexibility index (Phi) is 7.01. The number of hydrogen-bond acceptors (Lipinski definition) is 4. The number of hydrogen-bond donors (Lipinski definition) is 3. The van der Waals surface area contributed by atoms with Crippen LogP contribution < -0.4 is 10.6 Å². The summed E-state index contributed by atoms with van der Waals surface area (Å²) in [7, 11) is 0. The molecule has 1 aliphatic heterocycles. The minimum atomic E-state index is -0.298. The van der Waals surface area contributed by atoms with Gasteiger partial charge in [0.15, 0.2) is 0 Å². The van der Waals surface area contributed by atoms with Crippen LogP contribution in [0.4, 0.5) is 0 Å². The Morgan fingerprint density at radius 3 is 2.84 bits per heavy atom. The Bertz CT molecular complexity index is 639. The molecule has 2 atom stereocenters. The maximum absolute atomic E-state index is 12.3. The standard InChI is InChI=1S/C17H26ClN5O2/c1-4-19-16(24)14-8-12(10-23(14)7-5-6-11(2)3)21-17(25)15-13(18)9-20-22-15/h6,9,12,14H,4-5,7-8,10H2,1-3H3,(H,19,24)(H,20,22)(H,21,25). The van der Waals surface area contributed by atoms with Gasteiger partial charge in [-0.15, -0.1) is 0 Å². The highest BCUT2D eigenvalue weighted by molar-refractivity contribution is 6.33. The maximum atomic E-state index is 12.3. The van der Waals surface area contributed by atoms with Crippen LogP contribution in [0, 0.1) is 0 Å². The Balaban J connectivity index is 2.01. The predicted octanol–water partition coefficient (Wildman–Crippen LogP) is 1.73. The van der Waals surface area contributed by atoms with E-state index in [4.69, 9.17) is 11.6 Å². The van der Waals surface area contributed by atoms with E-state index >= 15 is 0 Å². The Morgan fingerprint density at radius 1 is 1.48 bits per heavy atom. The first-order valence-corrected chi connectivity index (χ1v) is 8.95. The second-order valence-corrected chi connectivity index (χ2v) is 6.88. The van der Waals surface area contributed by atoms with Crippen LogP contribution in [0.1, 0.15) is 44.1 Å². The Hall–Kier alpha value is -1.86. The molecule has 1 aromatic heterocycles. The van der Waals surface area contributed by atoms with Gasteiger partial charge in [-0.25, -0.2) is 0 Å². The molecule has 8 heteroatoms. The van der Waals surface area contributed by atoms with E-state index in [0.717, 1.165) is 13.0 Å². The van der Waals surface area contributed by atoms with Gasteiger partial charge >= 0.3 is 0 Å². The van der Waals surface area contributed by atoms with Crippen molar-refractivity contribution in [3.8, 4) is 0 Å². The molecular formula is C17H26ClN5O2. The average Bonchev–Trinajstić information content (AvgIpc) is 3.13. The van der Waals surface area contributed by atoms with Gasteiger partial charge in [-0.3, -0.25) is 19.6 Å². The lowest BCUT2D eigenvalue weighted by molar-refractivity contribution is -0.125. The number of aromatic nitrogens is 2. The summed E-state index contributed by atoms with van der Waals surface area (Å²) in [5, 5.41) is 12.5. The summed E-state index contributed by atoms with van der Waals surface area (Å²) >= 11 is 5.93. The fourth-order valence-corrected chi connectivity index (χ4v) is 3.20. The van der Waals surface area contributed by atoms with Gasteiger partial charge in [-0.05, 0) is 33.6 Å². The number of carbonyl (C=O) groups excluding carboxylic acids is 2. The van der Waals surface area contributed by atoms with Gasteiger partial charge < -0.3 is 10.6 Å². The number of aromatic amines is 1. The molecule has 0 aromatic carbocycles. The molecule has 2 rings (SSSR count). The van der Waals surface area contributed by atoms with Gasteiger partial charge in [0.1, 0.15) is 5.69 Å². The molecule has 0 radical (unpaired) electrons. The second kappa shape index (κ2) is 9.01. The highest BCUT2D eigenvalue weighted by Gasteiger charge is 2.37. The molecule has 2 heterocycles. The lowest BCUT2D eigenvalue weighted by Gasteiger charge is -2.22. The predicted molar refractivity (Wildman–Crippen MR) is 97.6 cm³/mol. The maximum Gasteiger partial charge on any atom is 0.271 e. The number of halogens is 1. The van der Waals surface area contributed by atoms with E-state index in [1.54, 1.807) is 0 Å². The van der Waals surface area contributed by atoms with Crippen LogP contribution in [-0.4, -0.2) is 58.6 Å². The van der Waals surface area contributed by atoms with E-state index in [-0.39, 0.29) is 34.6 Å². The number of likely N-dealkylation sites (N-methyl/N-ethyl adjacent to an activating group) is 1. The monoisotopic (exact) mass is 367 g/mol. The van der Waals surface area contributed by atoms with Crippen molar-refractivity contribution in [2.45, 2.75) is 45.7 Å². The van der Waals surface area contributed by atoms with Crippen LogP contribution in [0.15, 0.2) is 17.8 Å². The average molecular weight is 368 g/mol. The molecule has 0 saturated carbocycles. The van der Waals surface area contributed by atoms with Crippen LogP contribution in [0.25, 0.3) is 0 Å². The summed E-state index contributed by atoms with van der Waals surface area (Å²) in [4.78, 5) is 26.8. The van der Waals surface area contributed by atoms with Gasteiger partial charge in [-0.1, -0.05) is 23.3 Å². The van der Waals surface area contributed by atoms with Crippen molar-refractivity contribution >= 4 is 23.4 Å². The molecule has 138 valence electrons. The van der Waals surface area contributed by atoms with Gasteiger partial charge in [0.05, 0.1) is 17.3 Å². The number of nitrogens with zero attached hydrogens (tertiary/aromatic N) is 2. The molecule has 1 saturated heterocycles.